The molecule has 0 unspecified atom stereocenters. The fourth-order valence-corrected chi connectivity index (χ4v) is 5.42. The van der Waals surface area contributed by atoms with E-state index in [4.69, 9.17) is 9.97 Å². The van der Waals surface area contributed by atoms with Gasteiger partial charge in [0.15, 0.2) is 5.82 Å². The minimum atomic E-state index is 0.0872. The molecule has 1 fully saturated rings. The van der Waals surface area contributed by atoms with Gasteiger partial charge in [-0.1, -0.05) is 90.5 Å². The minimum Gasteiger partial charge on any atom is -0.353 e. The van der Waals surface area contributed by atoms with Gasteiger partial charge in [-0.3, -0.25) is 4.79 Å². The molecule has 2 heterocycles. The molecule has 1 saturated heterocycles. The molecule has 1 aliphatic heterocycles. The van der Waals surface area contributed by atoms with Crippen molar-refractivity contribution in [2.24, 2.45) is 0 Å². The smallest absolute Gasteiger partial charge is 0.253 e. The molecule has 1 aromatic heterocycles. The topological polar surface area (TPSA) is 49.3 Å². The summed E-state index contributed by atoms with van der Waals surface area (Å²) < 4.78 is 0. The van der Waals surface area contributed by atoms with Crippen molar-refractivity contribution < 1.29 is 4.79 Å². The number of fused-ring (bicyclic) bond motifs is 1. The molecule has 39 heavy (non-hydrogen) atoms. The van der Waals surface area contributed by atoms with E-state index in [1.807, 2.05) is 53.4 Å². The Labute approximate surface area is 229 Å². The molecule has 0 spiro atoms. The van der Waals surface area contributed by atoms with E-state index in [0.29, 0.717) is 13.1 Å². The summed E-state index contributed by atoms with van der Waals surface area (Å²) in [7, 11) is 0. The molecule has 5 nitrogen and oxygen atoms in total. The quantitative estimate of drug-likeness (QED) is 0.271. The van der Waals surface area contributed by atoms with Gasteiger partial charge in [-0.15, -0.1) is 0 Å². The first-order valence-electron chi connectivity index (χ1n) is 13.6. The van der Waals surface area contributed by atoms with E-state index in [9.17, 15) is 4.79 Å². The highest BCUT2D eigenvalue weighted by Gasteiger charge is 2.26. The summed E-state index contributed by atoms with van der Waals surface area (Å²) in [6.07, 6.45) is 0.772. The highest BCUT2D eigenvalue weighted by Crippen LogP contribution is 2.29. The first-order valence-corrected chi connectivity index (χ1v) is 13.6. The molecular formula is C34H32N4O. The normalized spacial score (nSPS) is 13.6. The van der Waals surface area contributed by atoms with Gasteiger partial charge >= 0.3 is 0 Å². The van der Waals surface area contributed by atoms with Crippen molar-refractivity contribution in [1.82, 2.24) is 14.9 Å². The Hall–Kier alpha value is -4.51. The maximum Gasteiger partial charge on any atom is 0.253 e. The van der Waals surface area contributed by atoms with Crippen molar-refractivity contribution in [2.45, 2.75) is 20.3 Å². The zero-order valence-corrected chi connectivity index (χ0v) is 22.5. The van der Waals surface area contributed by atoms with Crippen LogP contribution < -0.4 is 4.90 Å². The Kier molecular flexibility index (Phi) is 6.80. The summed E-state index contributed by atoms with van der Waals surface area (Å²) in [6.45, 7) is 6.97. The standard InChI is InChI=1S/C34H32N4O/c1-24-9-8-10-26(21-24)22-31-25(2)35-32(28-12-4-3-5-13-28)36-33(31)37-17-19-38(20-18-37)34(39)30-16-15-27-11-6-7-14-29(27)23-30/h3-16,21,23H,17-20,22H2,1-2H3. The molecule has 0 N–H and O–H groups in total. The van der Waals surface area contributed by atoms with Gasteiger partial charge < -0.3 is 9.80 Å². The first kappa shape index (κ1) is 24.8. The zero-order chi connectivity index (χ0) is 26.8. The molecule has 0 saturated carbocycles. The van der Waals surface area contributed by atoms with Crippen LogP contribution in [0, 0.1) is 13.8 Å². The Morgan fingerprint density at radius 2 is 1.49 bits per heavy atom. The highest BCUT2D eigenvalue weighted by molar-refractivity contribution is 5.98. The molecule has 1 amide bonds. The van der Waals surface area contributed by atoms with E-state index in [-0.39, 0.29) is 5.91 Å². The third kappa shape index (κ3) is 5.26. The second-order valence-corrected chi connectivity index (χ2v) is 10.3. The number of nitrogens with zero attached hydrogens (tertiary/aromatic N) is 4. The van der Waals surface area contributed by atoms with E-state index in [0.717, 1.165) is 64.3 Å². The van der Waals surface area contributed by atoms with Crippen LogP contribution in [-0.4, -0.2) is 47.0 Å². The summed E-state index contributed by atoms with van der Waals surface area (Å²) in [4.78, 5) is 27.7. The van der Waals surface area contributed by atoms with E-state index >= 15 is 0 Å². The number of piperazine rings is 1. The molecule has 0 bridgehead atoms. The third-order valence-electron chi connectivity index (χ3n) is 7.55. The number of anilines is 1. The number of aryl methyl sites for hydroxylation is 2. The second-order valence-electron chi connectivity index (χ2n) is 10.3. The lowest BCUT2D eigenvalue weighted by atomic mass is 10.0. The molecule has 4 aromatic carbocycles. The van der Waals surface area contributed by atoms with Gasteiger partial charge in [-0.25, -0.2) is 9.97 Å². The number of carbonyl (C=O) groups is 1. The Balaban J connectivity index is 1.28. The maximum absolute atomic E-state index is 13.4. The number of benzene rings is 4. The molecule has 0 atom stereocenters. The lowest BCUT2D eigenvalue weighted by molar-refractivity contribution is 0.0746. The molecule has 5 aromatic rings. The van der Waals surface area contributed by atoms with Crippen molar-refractivity contribution in [1.29, 1.82) is 0 Å². The predicted octanol–water partition coefficient (Wildman–Crippen LogP) is 6.47. The monoisotopic (exact) mass is 512 g/mol. The van der Waals surface area contributed by atoms with Crippen LogP contribution in [0.15, 0.2) is 97.1 Å². The van der Waals surface area contributed by atoms with Gasteiger partial charge in [0.1, 0.15) is 5.82 Å². The number of carbonyl (C=O) groups excluding carboxylic acids is 1. The van der Waals surface area contributed by atoms with Gasteiger partial charge in [-0.2, -0.15) is 0 Å². The second kappa shape index (κ2) is 10.7. The molecule has 5 heteroatoms. The predicted molar refractivity (Wildman–Crippen MR) is 158 cm³/mol. The summed E-state index contributed by atoms with van der Waals surface area (Å²) in [5.41, 5.74) is 6.39. The Morgan fingerprint density at radius 3 is 2.26 bits per heavy atom. The highest BCUT2D eigenvalue weighted by atomic mass is 16.2. The van der Waals surface area contributed by atoms with Gasteiger partial charge in [0.25, 0.3) is 5.91 Å². The molecule has 194 valence electrons. The van der Waals surface area contributed by atoms with Crippen molar-refractivity contribution in [3.8, 4) is 11.4 Å². The van der Waals surface area contributed by atoms with Crippen LogP contribution in [0.3, 0.4) is 0 Å². The van der Waals surface area contributed by atoms with Gasteiger partial charge in [0, 0.05) is 55.0 Å². The first-order chi connectivity index (χ1) is 19.0. The lowest BCUT2D eigenvalue weighted by Crippen LogP contribution is -2.49. The van der Waals surface area contributed by atoms with Gasteiger partial charge in [-0.05, 0) is 42.3 Å². The Bertz CT molecular complexity index is 1640. The van der Waals surface area contributed by atoms with E-state index < -0.39 is 0 Å². The average molecular weight is 513 g/mol. The average Bonchev–Trinajstić information content (AvgIpc) is 2.98. The van der Waals surface area contributed by atoms with E-state index in [1.165, 1.54) is 11.1 Å². The number of rotatable bonds is 5. The fraction of sp³-hybridized carbons (Fsp3) is 0.206. The van der Waals surface area contributed by atoms with Crippen LogP contribution in [0.5, 0.6) is 0 Å². The molecule has 0 aliphatic carbocycles. The van der Waals surface area contributed by atoms with Gasteiger partial charge in [0.05, 0.1) is 0 Å². The number of hydrogen-bond donors (Lipinski definition) is 0. The maximum atomic E-state index is 13.4. The fourth-order valence-electron chi connectivity index (χ4n) is 5.42. The Morgan fingerprint density at radius 1 is 0.744 bits per heavy atom. The molecule has 6 rings (SSSR count). The number of hydrogen-bond acceptors (Lipinski definition) is 4. The summed E-state index contributed by atoms with van der Waals surface area (Å²) in [5, 5.41) is 2.24. The van der Waals surface area contributed by atoms with Crippen LogP contribution in [0.1, 0.15) is 32.7 Å². The molecule has 1 aliphatic rings. The number of aromatic nitrogens is 2. The SMILES string of the molecule is Cc1cccc(Cc2c(C)nc(-c3ccccc3)nc2N2CCN(C(=O)c3ccc4ccccc4c3)CC2)c1. The third-order valence-corrected chi connectivity index (χ3v) is 7.55. The van der Waals surface area contributed by atoms with Crippen molar-refractivity contribution in [3.05, 3.63) is 125 Å². The van der Waals surface area contributed by atoms with Crippen LogP contribution >= 0.6 is 0 Å². The van der Waals surface area contributed by atoms with Crippen LogP contribution in [0.25, 0.3) is 22.2 Å². The molecule has 0 radical (unpaired) electrons. The van der Waals surface area contributed by atoms with E-state index in [1.54, 1.807) is 0 Å². The summed E-state index contributed by atoms with van der Waals surface area (Å²) >= 11 is 0. The lowest BCUT2D eigenvalue weighted by Gasteiger charge is -2.36. The minimum absolute atomic E-state index is 0.0872. The largest absolute Gasteiger partial charge is 0.353 e. The van der Waals surface area contributed by atoms with Crippen LogP contribution in [0.4, 0.5) is 5.82 Å². The van der Waals surface area contributed by atoms with Crippen LogP contribution in [-0.2, 0) is 6.42 Å². The summed E-state index contributed by atoms with van der Waals surface area (Å²) in [6, 6.07) is 32.9. The van der Waals surface area contributed by atoms with Crippen molar-refractivity contribution >= 4 is 22.5 Å². The summed E-state index contributed by atoms with van der Waals surface area (Å²) in [5.74, 6) is 1.80. The van der Waals surface area contributed by atoms with Crippen LogP contribution in [0.2, 0.25) is 0 Å². The zero-order valence-electron chi connectivity index (χ0n) is 22.5. The van der Waals surface area contributed by atoms with Crippen molar-refractivity contribution in [2.75, 3.05) is 31.1 Å². The molecular weight excluding hydrogens is 480 g/mol. The van der Waals surface area contributed by atoms with Gasteiger partial charge in [0.2, 0.25) is 0 Å². The van der Waals surface area contributed by atoms with Crippen molar-refractivity contribution in [3.63, 3.8) is 0 Å². The number of amides is 1. The van der Waals surface area contributed by atoms with E-state index in [2.05, 4.69) is 67.3 Å².